The molecule has 2 nitrogen and oxygen atoms in total. The van der Waals surface area contributed by atoms with E-state index in [0.29, 0.717) is 0 Å². The first-order valence-electron chi connectivity index (χ1n) is 5.57. The lowest BCUT2D eigenvalue weighted by Gasteiger charge is -2.15. The Morgan fingerprint density at radius 2 is 1.48 bits per heavy atom. The highest BCUT2D eigenvalue weighted by Crippen LogP contribution is 2.38. The van der Waals surface area contributed by atoms with E-state index < -0.39 is 41.2 Å². The number of rotatable bonds is 3. The maximum Gasteiger partial charge on any atom is 0.416 e. The Balaban J connectivity index is 3.35. The van der Waals surface area contributed by atoms with Gasteiger partial charge in [-0.15, -0.1) is 0 Å². The van der Waals surface area contributed by atoms with Crippen LogP contribution in [0.5, 0.6) is 0 Å². The van der Waals surface area contributed by atoms with Crippen LogP contribution in [0.1, 0.15) is 29.8 Å². The third-order valence-electron chi connectivity index (χ3n) is 2.40. The topological polar surface area (TPSA) is 26.3 Å². The van der Waals surface area contributed by atoms with Gasteiger partial charge >= 0.3 is 18.3 Å². The summed E-state index contributed by atoms with van der Waals surface area (Å²) in [6.07, 6.45) is -12.9. The van der Waals surface area contributed by atoms with E-state index in [4.69, 9.17) is 0 Å². The van der Waals surface area contributed by atoms with Crippen LogP contribution in [0.15, 0.2) is 18.2 Å². The lowest BCUT2D eigenvalue weighted by Crippen LogP contribution is -2.16. The number of halogens is 7. The zero-order valence-electron chi connectivity index (χ0n) is 10.5. The van der Waals surface area contributed by atoms with Gasteiger partial charge in [0.2, 0.25) is 6.17 Å². The highest BCUT2D eigenvalue weighted by molar-refractivity contribution is 5.76. The number of alkyl halides is 7. The summed E-state index contributed by atoms with van der Waals surface area (Å²) in [5.74, 6) is -1.55. The maximum atomic E-state index is 13.6. The van der Waals surface area contributed by atoms with Gasteiger partial charge in [0, 0.05) is 0 Å². The van der Waals surface area contributed by atoms with Crippen molar-refractivity contribution in [3.63, 3.8) is 0 Å². The average Bonchev–Trinajstić information content (AvgIpc) is 2.35. The highest BCUT2D eigenvalue weighted by Gasteiger charge is 2.38. The van der Waals surface area contributed by atoms with Gasteiger partial charge in [-0.3, -0.25) is 0 Å². The Kier molecular flexibility index (Phi) is 4.85. The lowest BCUT2D eigenvalue weighted by molar-refractivity contribution is -0.150. The van der Waals surface area contributed by atoms with Gasteiger partial charge in [0.15, 0.2) is 0 Å². The van der Waals surface area contributed by atoms with Crippen molar-refractivity contribution in [1.82, 2.24) is 0 Å². The SMILES string of the molecule is CCOC(=O)C(F)c1cc(C(F)(F)F)cc(C(F)(F)F)c1. The fraction of sp³-hybridized carbons (Fsp3) is 0.417. The number of carbonyl (C=O) groups is 1. The van der Waals surface area contributed by atoms with Crippen molar-refractivity contribution in [3.8, 4) is 0 Å². The maximum absolute atomic E-state index is 13.6. The third kappa shape index (κ3) is 4.33. The monoisotopic (exact) mass is 318 g/mol. The van der Waals surface area contributed by atoms with Gasteiger partial charge in [0.1, 0.15) is 0 Å². The molecular formula is C12H9F7O2. The van der Waals surface area contributed by atoms with Gasteiger partial charge in [-0.2, -0.15) is 26.3 Å². The Morgan fingerprint density at radius 3 is 1.81 bits per heavy atom. The fourth-order valence-corrected chi connectivity index (χ4v) is 1.48. The molecule has 118 valence electrons. The molecule has 0 aliphatic heterocycles. The number of hydrogen-bond acceptors (Lipinski definition) is 2. The standard InChI is InChI=1S/C12H9F7O2/c1-2-21-10(20)9(13)6-3-7(11(14,15)16)5-8(4-6)12(17,18)19/h3-5,9H,2H2,1H3. The molecule has 1 unspecified atom stereocenters. The van der Waals surface area contributed by atoms with Crippen molar-refractivity contribution in [2.45, 2.75) is 25.4 Å². The van der Waals surface area contributed by atoms with Gasteiger partial charge in [-0.25, -0.2) is 9.18 Å². The second-order valence-electron chi connectivity index (χ2n) is 3.95. The van der Waals surface area contributed by atoms with Crippen LogP contribution in [-0.4, -0.2) is 12.6 Å². The molecule has 0 heterocycles. The highest BCUT2D eigenvalue weighted by atomic mass is 19.4. The minimum atomic E-state index is -5.11. The molecule has 0 saturated carbocycles. The van der Waals surface area contributed by atoms with E-state index in [9.17, 15) is 35.5 Å². The molecule has 0 fully saturated rings. The Hall–Kier alpha value is -1.80. The fourth-order valence-electron chi connectivity index (χ4n) is 1.48. The zero-order chi connectivity index (χ0) is 16.4. The second kappa shape index (κ2) is 5.90. The summed E-state index contributed by atoms with van der Waals surface area (Å²) in [4.78, 5) is 11.1. The smallest absolute Gasteiger partial charge is 0.416 e. The number of benzene rings is 1. The van der Waals surface area contributed by atoms with Crippen molar-refractivity contribution in [3.05, 3.63) is 34.9 Å². The van der Waals surface area contributed by atoms with Gasteiger partial charge in [-0.1, -0.05) is 0 Å². The first-order valence-corrected chi connectivity index (χ1v) is 5.57. The molecule has 1 atom stereocenters. The van der Waals surface area contributed by atoms with Crippen LogP contribution < -0.4 is 0 Å². The Labute approximate surface area is 114 Å². The normalized spacial score (nSPS) is 13.9. The van der Waals surface area contributed by atoms with Crippen molar-refractivity contribution in [1.29, 1.82) is 0 Å². The number of carbonyl (C=O) groups excluding carboxylic acids is 1. The van der Waals surface area contributed by atoms with Crippen LogP contribution in [0.25, 0.3) is 0 Å². The molecule has 0 aromatic heterocycles. The summed E-state index contributed by atoms with van der Waals surface area (Å²) in [5.41, 5.74) is -4.45. The molecule has 0 bridgehead atoms. The van der Waals surface area contributed by atoms with Crippen LogP contribution in [0.2, 0.25) is 0 Å². The molecule has 0 spiro atoms. The molecule has 0 N–H and O–H groups in total. The van der Waals surface area contributed by atoms with Crippen LogP contribution in [0, 0.1) is 0 Å². The largest absolute Gasteiger partial charge is 0.464 e. The van der Waals surface area contributed by atoms with Gasteiger partial charge < -0.3 is 4.74 Å². The predicted octanol–water partition coefficient (Wildman–Crippen LogP) is 4.30. The van der Waals surface area contributed by atoms with Crippen molar-refractivity contribution >= 4 is 5.97 Å². The molecule has 9 heteroatoms. The lowest BCUT2D eigenvalue weighted by atomic mass is 10.0. The van der Waals surface area contributed by atoms with E-state index in [-0.39, 0.29) is 24.8 Å². The van der Waals surface area contributed by atoms with E-state index in [1.54, 1.807) is 0 Å². The Morgan fingerprint density at radius 1 is 1.05 bits per heavy atom. The van der Waals surface area contributed by atoms with Crippen LogP contribution in [0.3, 0.4) is 0 Å². The molecule has 1 rings (SSSR count). The molecule has 1 aromatic carbocycles. The quantitative estimate of drug-likeness (QED) is 0.613. The number of hydrogen-bond donors (Lipinski definition) is 0. The van der Waals surface area contributed by atoms with Crippen LogP contribution >= 0.6 is 0 Å². The summed E-state index contributed by atoms with van der Waals surface area (Å²) >= 11 is 0. The van der Waals surface area contributed by atoms with E-state index in [1.807, 2.05) is 0 Å². The van der Waals surface area contributed by atoms with Crippen LogP contribution in [-0.2, 0) is 21.9 Å². The molecule has 0 amide bonds. The summed E-state index contributed by atoms with van der Waals surface area (Å²) in [5, 5.41) is 0. The minimum absolute atomic E-state index is 0.150. The molecule has 21 heavy (non-hydrogen) atoms. The van der Waals surface area contributed by atoms with Crippen molar-refractivity contribution in [2.75, 3.05) is 6.61 Å². The number of esters is 1. The minimum Gasteiger partial charge on any atom is -0.464 e. The van der Waals surface area contributed by atoms with Gasteiger partial charge in [0.05, 0.1) is 17.7 Å². The average molecular weight is 318 g/mol. The second-order valence-corrected chi connectivity index (χ2v) is 3.95. The summed E-state index contributed by atoms with van der Waals surface area (Å²) in [7, 11) is 0. The van der Waals surface area contributed by atoms with Gasteiger partial charge in [0.25, 0.3) is 0 Å². The van der Waals surface area contributed by atoms with Gasteiger partial charge in [-0.05, 0) is 30.7 Å². The summed E-state index contributed by atoms with van der Waals surface area (Å²) in [6, 6.07) is 0.148. The molecule has 0 aliphatic rings. The first-order chi connectivity index (χ1) is 9.46. The van der Waals surface area contributed by atoms with Crippen molar-refractivity contribution in [2.24, 2.45) is 0 Å². The third-order valence-corrected chi connectivity index (χ3v) is 2.40. The summed E-state index contributed by atoms with van der Waals surface area (Å²) < 4.78 is 93.1. The number of ether oxygens (including phenoxy) is 1. The Bertz CT molecular complexity index is 487. The van der Waals surface area contributed by atoms with Crippen LogP contribution in [0.4, 0.5) is 30.7 Å². The molecule has 0 saturated heterocycles. The van der Waals surface area contributed by atoms with E-state index in [0.717, 1.165) is 0 Å². The van der Waals surface area contributed by atoms with E-state index in [1.165, 1.54) is 6.92 Å². The molecule has 0 aliphatic carbocycles. The zero-order valence-corrected chi connectivity index (χ0v) is 10.5. The molecule has 1 aromatic rings. The summed E-state index contributed by atoms with van der Waals surface area (Å²) in [6.45, 7) is 1.06. The van der Waals surface area contributed by atoms with E-state index in [2.05, 4.69) is 4.74 Å². The van der Waals surface area contributed by atoms with E-state index >= 15 is 0 Å². The first kappa shape index (κ1) is 17.3. The molecular weight excluding hydrogens is 309 g/mol. The molecule has 0 radical (unpaired) electrons. The van der Waals surface area contributed by atoms with Crippen molar-refractivity contribution < 1.29 is 40.3 Å². The predicted molar refractivity (Wildman–Crippen MR) is 56.9 cm³/mol.